The summed E-state index contributed by atoms with van der Waals surface area (Å²) >= 11 is 0. The van der Waals surface area contributed by atoms with Crippen molar-refractivity contribution in [2.75, 3.05) is 18.5 Å². The first-order valence-corrected chi connectivity index (χ1v) is 10.8. The summed E-state index contributed by atoms with van der Waals surface area (Å²) in [7, 11) is 0. The normalized spacial score (nSPS) is 27.8. The van der Waals surface area contributed by atoms with Crippen LogP contribution in [0.5, 0.6) is 0 Å². The molecular weight excluding hydrogens is 352 g/mol. The van der Waals surface area contributed by atoms with Gasteiger partial charge in [0.1, 0.15) is 0 Å². The van der Waals surface area contributed by atoms with Gasteiger partial charge in [-0.1, -0.05) is 0 Å². The fourth-order valence-electron chi connectivity index (χ4n) is 4.45. The van der Waals surface area contributed by atoms with Gasteiger partial charge in [0, 0.05) is 36.1 Å². The Bertz CT molecular complexity index is 803. The molecule has 3 aliphatic rings. The standard InChI is InChI=1S/C21H30N6O/c22-15-3-5-16(6-4-15)25-21-23-9-7-19(26-21)18-12-24-27(17-8-10-28-13-17)20(18)11-14-1-2-14/h7,9,12,14-17H,1-6,8,10-11,13,22H2,(H,23,25,26)/t15-,16-,17?. The number of rotatable bonds is 6. The first kappa shape index (κ1) is 18.1. The van der Waals surface area contributed by atoms with Crippen LogP contribution in [-0.4, -0.2) is 45.0 Å². The van der Waals surface area contributed by atoms with Gasteiger partial charge in [0.15, 0.2) is 0 Å². The molecule has 28 heavy (non-hydrogen) atoms. The van der Waals surface area contributed by atoms with Crippen LogP contribution in [0.3, 0.4) is 0 Å². The van der Waals surface area contributed by atoms with E-state index in [9.17, 15) is 0 Å². The van der Waals surface area contributed by atoms with Gasteiger partial charge in [-0.05, 0) is 63.4 Å². The molecule has 0 aromatic carbocycles. The van der Waals surface area contributed by atoms with E-state index in [4.69, 9.17) is 20.6 Å². The molecule has 0 radical (unpaired) electrons. The van der Waals surface area contributed by atoms with Crippen molar-refractivity contribution >= 4 is 5.95 Å². The average Bonchev–Trinajstić information content (AvgIpc) is 3.18. The van der Waals surface area contributed by atoms with E-state index < -0.39 is 0 Å². The first-order valence-electron chi connectivity index (χ1n) is 10.8. The highest BCUT2D eigenvalue weighted by Crippen LogP contribution is 2.37. The third-order valence-electron chi connectivity index (χ3n) is 6.37. The Balaban J connectivity index is 1.39. The number of hydrogen-bond donors (Lipinski definition) is 2. The first-order chi connectivity index (χ1) is 13.8. The third-order valence-corrected chi connectivity index (χ3v) is 6.37. The van der Waals surface area contributed by atoms with Gasteiger partial charge in [0.25, 0.3) is 0 Å². The molecule has 1 unspecified atom stereocenters. The molecule has 2 saturated carbocycles. The van der Waals surface area contributed by atoms with Gasteiger partial charge in [-0.25, -0.2) is 9.97 Å². The lowest BCUT2D eigenvalue weighted by Gasteiger charge is -2.26. The predicted molar refractivity (Wildman–Crippen MR) is 108 cm³/mol. The SMILES string of the molecule is N[C@H]1CC[C@H](Nc2nccc(-c3cnn(C4CCOC4)c3CC3CC3)n2)CC1. The fraction of sp³-hybridized carbons (Fsp3) is 0.667. The predicted octanol–water partition coefficient (Wildman–Crippen LogP) is 2.94. The molecule has 0 bridgehead atoms. The van der Waals surface area contributed by atoms with Crippen LogP contribution in [0.4, 0.5) is 5.95 Å². The molecule has 7 nitrogen and oxygen atoms in total. The lowest BCUT2D eigenvalue weighted by atomic mass is 9.92. The van der Waals surface area contributed by atoms with Crippen molar-refractivity contribution in [1.82, 2.24) is 19.7 Å². The van der Waals surface area contributed by atoms with Crippen LogP contribution in [0.15, 0.2) is 18.5 Å². The van der Waals surface area contributed by atoms with Crippen molar-refractivity contribution in [2.24, 2.45) is 11.7 Å². The number of nitrogens with two attached hydrogens (primary N) is 1. The molecule has 5 rings (SSSR count). The van der Waals surface area contributed by atoms with Gasteiger partial charge in [0.05, 0.1) is 24.5 Å². The number of aromatic nitrogens is 4. The third kappa shape index (κ3) is 3.91. The fourth-order valence-corrected chi connectivity index (χ4v) is 4.45. The zero-order valence-corrected chi connectivity index (χ0v) is 16.4. The Morgan fingerprint density at radius 3 is 2.75 bits per heavy atom. The van der Waals surface area contributed by atoms with Crippen molar-refractivity contribution in [2.45, 2.75) is 69.5 Å². The van der Waals surface area contributed by atoms with Crippen molar-refractivity contribution in [1.29, 1.82) is 0 Å². The molecule has 1 atom stereocenters. The van der Waals surface area contributed by atoms with Gasteiger partial charge in [0.2, 0.25) is 5.95 Å². The molecule has 3 fully saturated rings. The Morgan fingerprint density at radius 1 is 1.14 bits per heavy atom. The molecule has 2 aromatic rings. The van der Waals surface area contributed by atoms with E-state index in [-0.39, 0.29) is 0 Å². The Hall–Kier alpha value is -1.99. The highest BCUT2D eigenvalue weighted by molar-refractivity contribution is 5.62. The number of ether oxygens (including phenoxy) is 1. The van der Waals surface area contributed by atoms with Crippen LogP contribution in [0, 0.1) is 5.92 Å². The summed E-state index contributed by atoms with van der Waals surface area (Å²) in [5.41, 5.74) is 9.45. The van der Waals surface area contributed by atoms with Crippen LogP contribution in [0.1, 0.15) is 56.7 Å². The van der Waals surface area contributed by atoms with Crippen LogP contribution < -0.4 is 11.1 Å². The maximum absolute atomic E-state index is 6.03. The Kier molecular flexibility index (Phi) is 5.03. The molecule has 0 amide bonds. The topological polar surface area (TPSA) is 90.9 Å². The van der Waals surface area contributed by atoms with Crippen LogP contribution in [0.25, 0.3) is 11.3 Å². The zero-order chi connectivity index (χ0) is 18.9. The number of nitrogens with one attached hydrogen (secondary N) is 1. The summed E-state index contributed by atoms with van der Waals surface area (Å²) < 4.78 is 7.81. The quantitative estimate of drug-likeness (QED) is 0.798. The summed E-state index contributed by atoms with van der Waals surface area (Å²) in [5, 5.41) is 8.27. The van der Waals surface area contributed by atoms with Crippen molar-refractivity contribution < 1.29 is 4.74 Å². The molecule has 2 aliphatic carbocycles. The van der Waals surface area contributed by atoms with E-state index >= 15 is 0 Å². The molecule has 2 aromatic heterocycles. The van der Waals surface area contributed by atoms with Gasteiger partial charge in [-0.2, -0.15) is 5.10 Å². The van der Waals surface area contributed by atoms with E-state index in [1.165, 1.54) is 18.5 Å². The number of anilines is 1. The lowest BCUT2D eigenvalue weighted by Crippen LogP contribution is -2.33. The van der Waals surface area contributed by atoms with Crippen molar-refractivity contribution in [3.8, 4) is 11.3 Å². The van der Waals surface area contributed by atoms with Crippen LogP contribution in [0.2, 0.25) is 0 Å². The lowest BCUT2D eigenvalue weighted by molar-refractivity contribution is 0.184. The Labute approximate surface area is 166 Å². The maximum Gasteiger partial charge on any atom is 0.223 e. The number of hydrogen-bond acceptors (Lipinski definition) is 6. The molecule has 1 saturated heterocycles. The second-order valence-electron chi connectivity index (χ2n) is 8.64. The number of nitrogens with zero attached hydrogens (tertiary/aromatic N) is 4. The highest BCUT2D eigenvalue weighted by atomic mass is 16.5. The summed E-state index contributed by atoms with van der Waals surface area (Å²) in [5.74, 6) is 1.51. The van der Waals surface area contributed by atoms with Gasteiger partial charge in [-0.3, -0.25) is 4.68 Å². The minimum atomic E-state index is 0.348. The van der Waals surface area contributed by atoms with Crippen molar-refractivity contribution in [3.05, 3.63) is 24.2 Å². The summed E-state index contributed by atoms with van der Waals surface area (Å²) in [6, 6.07) is 3.12. The van der Waals surface area contributed by atoms with E-state index in [2.05, 4.69) is 15.0 Å². The molecule has 7 heteroatoms. The van der Waals surface area contributed by atoms with Crippen molar-refractivity contribution in [3.63, 3.8) is 0 Å². The summed E-state index contributed by atoms with van der Waals surface area (Å²) in [4.78, 5) is 9.31. The second kappa shape index (κ2) is 7.79. The monoisotopic (exact) mass is 382 g/mol. The largest absolute Gasteiger partial charge is 0.379 e. The minimum absolute atomic E-state index is 0.348. The van der Waals surface area contributed by atoms with E-state index in [0.717, 1.165) is 68.9 Å². The second-order valence-corrected chi connectivity index (χ2v) is 8.64. The molecule has 0 spiro atoms. The smallest absolute Gasteiger partial charge is 0.223 e. The van der Waals surface area contributed by atoms with E-state index in [1.54, 1.807) is 0 Å². The molecule has 3 N–H and O–H groups in total. The summed E-state index contributed by atoms with van der Waals surface area (Å²) in [6.45, 7) is 1.59. The molecule has 3 heterocycles. The van der Waals surface area contributed by atoms with Crippen LogP contribution >= 0.6 is 0 Å². The Morgan fingerprint density at radius 2 is 2.00 bits per heavy atom. The van der Waals surface area contributed by atoms with Gasteiger partial charge in [-0.15, -0.1) is 0 Å². The molecule has 1 aliphatic heterocycles. The van der Waals surface area contributed by atoms with Gasteiger partial charge < -0.3 is 15.8 Å². The van der Waals surface area contributed by atoms with Crippen LogP contribution in [-0.2, 0) is 11.2 Å². The molecular formula is C21H30N6O. The minimum Gasteiger partial charge on any atom is -0.379 e. The van der Waals surface area contributed by atoms with E-state index in [0.29, 0.717) is 24.1 Å². The molecule has 150 valence electrons. The maximum atomic E-state index is 6.03. The van der Waals surface area contributed by atoms with Gasteiger partial charge >= 0.3 is 0 Å². The highest BCUT2D eigenvalue weighted by Gasteiger charge is 2.29. The average molecular weight is 383 g/mol. The van der Waals surface area contributed by atoms with E-state index in [1.807, 2.05) is 18.5 Å². The summed E-state index contributed by atoms with van der Waals surface area (Å²) in [6.07, 6.45) is 12.9. The zero-order valence-electron chi connectivity index (χ0n) is 16.4.